The van der Waals surface area contributed by atoms with E-state index in [1.54, 1.807) is 10.7 Å². The van der Waals surface area contributed by atoms with Crippen molar-refractivity contribution in [3.63, 3.8) is 0 Å². The molecule has 6 heteroatoms. The summed E-state index contributed by atoms with van der Waals surface area (Å²) >= 11 is 0. The van der Waals surface area contributed by atoms with Crippen LogP contribution in [0, 0.1) is 6.92 Å². The van der Waals surface area contributed by atoms with E-state index in [0.717, 1.165) is 16.7 Å². The summed E-state index contributed by atoms with van der Waals surface area (Å²) in [6.45, 7) is 6.56. The van der Waals surface area contributed by atoms with Crippen LogP contribution in [0.3, 0.4) is 0 Å². The number of carbonyl (C=O) groups excluding carboxylic acids is 1. The number of amides is 1. The summed E-state index contributed by atoms with van der Waals surface area (Å²) in [7, 11) is 0. The first-order valence-corrected chi connectivity index (χ1v) is 8.27. The minimum atomic E-state index is -0.117. The lowest BCUT2D eigenvalue weighted by molar-refractivity contribution is 0.0951. The summed E-state index contributed by atoms with van der Waals surface area (Å²) in [4.78, 5) is 12.5. The molecule has 0 atom stereocenters. The van der Waals surface area contributed by atoms with Crippen LogP contribution in [0.25, 0.3) is 11.4 Å². The van der Waals surface area contributed by atoms with Crippen LogP contribution >= 0.6 is 0 Å². The first kappa shape index (κ1) is 16.8. The predicted molar refractivity (Wildman–Crippen MR) is 96.0 cm³/mol. The van der Waals surface area contributed by atoms with Crippen molar-refractivity contribution in [3.8, 4) is 11.4 Å². The second kappa shape index (κ2) is 7.25. The number of nitrogens with one attached hydrogen (secondary N) is 1. The summed E-state index contributed by atoms with van der Waals surface area (Å²) in [5, 5.41) is 14.8. The minimum Gasteiger partial charge on any atom is -0.348 e. The number of tetrazole rings is 1. The van der Waals surface area contributed by atoms with Gasteiger partial charge in [0.1, 0.15) is 0 Å². The molecule has 1 aromatic heterocycles. The minimum absolute atomic E-state index is 0.117. The van der Waals surface area contributed by atoms with Crippen molar-refractivity contribution >= 4 is 5.91 Å². The maximum atomic E-state index is 12.5. The molecule has 1 amide bonds. The molecule has 0 aliphatic heterocycles. The molecule has 6 nitrogen and oxygen atoms in total. The van der Waals surface area contributed by atoms with Gasteiger partial charge < -0.3 is 5.32 Å². The third-order valence-electron chi connectivity index (χ3n) is 4.07. The first-order valence-electron chi connectivity index (χ1n) is 8.27. The highest BCUT2D eigenvalue weighted by molar-refractivity contribution is 5.95. The number of aromatic nitrogens is 4. The molecule has 0 unspecified atom stereocenters. The number of aryl methyl sites for hydroxylation is 1. The van der Waals surface area contributed by atoms with E-state index in [4.69, 9.17) is 0 Å². The molecule has 0 radical (unpaired) electrons. The maximum absolute atomic E-state index is 12.5. The van der Waals surface area contributed by atoms with Crippen molar-refractivity contribution in [2.75, 3.05) is 0 Å². The molecule has 0 aliphatic rings. The Morgan fingerprint density at radius 3 is 2.72 bits per heavy atom. The second-order valence-corrected chi connectivity index (χ2v) is 6.23. The van der Waals surface area contributed by atoms with Gasteiger partial charge in [-0.2, -0.15) is 0 Å². The molecule has 0 fully saturated rings. The Morgan fingerprint density at radius 1 is 1.16 bits per heavy atom. The van der Waals surface area contributed by atoms with Crippen LogP contribution < -0.4 is 5.32 Å². The molecule has 3 rings (SSSR count). The van der Waals surface area contributed by atoms with E-state index in [-0.39, 0.29) is 11.9 Å². The van der Waals surface area contributed by atoms with Crippen LogP contribution in [-0.2, 0) is 6.54 Å². The fraction of sp³-hybridized carbons (Fsp3) is 0.263. The molecule has 25 heavy (non-hydrogen) atoms. The van der Waals surface area contributed by atoms with E-state index in [1.807, 2.05) is 63.2 Å². The summed E-state index contributed by atoms with van der Waals surface area (Å²) in [5.74, 6) is 0.539. The van der Waals surface area contributed by atoms with Gasteiger partial charge in [-0.05, 0) is 54.5 Å². The largest absolute Gasteiger partial charge is 0.348 e. The molecule has 0 aliphatic carbocycles. The standard InChI is InChI=1S/C19H21N5O/c1-13(2)24-18(21-22-23-24)15-9-6-10-16(11-15)19(25)20-12-17-8-5-4-7-14(17)3/h4-11,13H,12H2,1-3H3,(H,20,25). The average Bonchev–Trinajstić information content (AvgIpc) is 3.11. The Kier molecular flexibility index (Phi) is 4.88. The normalized spacial score (nSPS) is 10.9. The molecule has 3 aromatic rings. The van der Waals surface area contributed by atoms with E-state index in [2.05, 4.69) is 20.8 Å². The Hall–Kier alpha value is -3.02. The van der Waals surface area contributed by atoms with Gasteiger partial charge >= 0.3 is 0 Å². The quantitative estimate of drug-likeness (QED) is 0.777. The van der Waals surface area contributed by atoms with Crippen LogP contribution in [-0.4, -0.2) is 26.1 Å². The second-order valence-electron chi connectivity index (χ2n) is 6.23. The molecule has 0 saturated heterocycles. The zero-order valence-corrected chi connectivity index (χ0v) is 14.6. The summed E-state index contributed by atoms with van der Waals surface area (Å²) < 4.78 is 1.74. The van der Waals surface area contributed by atoms with E-state index >= 15 is 0 Å². The smallest absolute Gasteiger partial charge is 0.251 e. The van der Waals surface area contributed by atoms with Crippen molar-refractivity contribution < 1.29 is 4.79 Å². The number of benzene rings is 2. The third-order valence-corrected chi connectivity index (χ3v) is 4.07. The predicted octanol–water partition coefficient (Wildman–Crippen LogP) is 3.16. The molecule has 1 N–H and O–H groups in total. The fourth-order valence-corrected chi connectivity index (χ4v) is 2.62. The Bertz CT molecular complexity index is 885. The van der Waals surface area contributed by atoms with Crippen molar-refractivity contribution in [3.05, 3.63) is 65.2 Å². The van der Waals surface area contributed by atoms with Gasteiger partial charge in [0.15, 0.2) is 5.82 Å². The van der Waals surface area contributed by atoms with Crippen LogP contribution in [0.4, 0.5) is 0 Å². The third kappa shape index (κ3) is 3.74. The molecule has 0 spiro atoms. The highest BCUT2D eigenvalue weighted by atomic mass is 16.1. The summed E-state index contributed by atoms with van der Waals surface area (Å²) in [6.07, 6.45) is 0. The molecule has 0 saturated carbocycles. The van der Waals surface area contributed by atoms with Crippen molar-refractivity contribution in [2.24, 2.45) is 0 Å². The van der Waals surface area contributed by atoms with Gasteiger partial charge in [0.25, 0.3) is 5.91 Å². The van der Waals surface area contributed by atoms with Crippen LogP contribution in [0.5, 0.6) is 0 Å². The number of hydrogen-bond acceptors (Lipinski definition) is 4. The van der Waals surface area contributed by atoms with Gasteiger partial charge in [0, 0.05) is 17.7 Å². The van der Waals surface area contributed by atoms with Crippen molar-refractivity contribution in [2.45, 2.75) is 33.4 Å². The van der Waals surface area contributed by atoms with E-state index in [1.165, 1.54) is 0 Å². The van der Waals surface area contributed by atoms with Gasteiger partial charge in [-0.3, -0.25) is 4.79 Å². The first-order chi connectivity index (χ1) is 12.1. The van der Waals surface area contributed by atoms with Gasteiger partial charge in [0.05, 0.1) is 6.04 Å². The van der Waals surface area contributed by atoms with Gasteiger partial charge in [0.2, 0.25) is 0 Å². The zero-order valence-electron chi connectivity index (χ0n) is 14.6. The van der Waals surface area contributed by atoms with E-state index < -0.39 is 0 Å². The van der Waals surface area contributed by atoms with Crippen molar-refractivity contribution in [1.82, 2.24) is 25.5 Å². The Labute approximate surface area is 146 Å². The molecule has 1 heterocycles. The van der Waals surface area contributed by atoms with E-state index in [0.29, 0.717) is 17.9 Å². The Balaban J connectivity index is 1.78. The molecule has 2 aromatic carbocycles. The number of rotatable bonds is 5. The lowest BCUT2D eigenvalue weighted by Crippen LogP contribution is -2.23. The van der Waals surface area contributed by atoms with Gasteiger partial charge in [-0.15, -0.1) is 5.10 Å². The number of carbonyl (C=O) groups is 1. The lowest BCUT2D eigenvalue weighted by atomic mass is 10.1. The van der Waals surface area contributed by atoms with Crippen LogP contribution in [0.15, 0.2) is 48.5 Å². The fourth-order valence-electron chi connectivity index (χ4n) is 2.62. The molecular formula is C19H21N5O. The van der Waals surface area contributed by atoms with Crippen LogP contribution in [0.1, 0.15) is 41.4 Å². The number of nitrogens with zero attached hydrogens (tertiary/aromatic N) is 4. The van der Waals surface area contributed by atoms with Gasteiger partial charge in [-0.1, -0.05) is 36.4 Å². The van der Waals surface area contributed by atoms with E-state index in [9.17, 15) is 4.79 Å². The van der Waals surface area contributed by atoms with Gasteiger partial charge in [-0.25, -0.2) is 4.68 Å². The topological polar surface area (TPSA) is 72.7 Å². The molecule has 0 bridgehead atoms. The highest BCUT2D eigenvalue weighted by Crippen LogP contribution is 2.20. The molecule has 128 valence electrons. The number of hydrogen-bond donors (Lipinski definition) is 1. The molecular weight excluding hydrogens is 314 g/mol. The maximum Gasteiger partial charge on any atom is 0.251 e. The van der Waals surface area contributed by atoms with Crippen molar-refractivity contribution in [1.29, 1.82) is 0 Å². The highest BCUT2D eigenvalue weighted by Gasteiger charge is 2.14. The van der Waals surface area contributed by atoms with Crippen LogP contribution in [0.2, 0.25) is 0 Å². The zero-order chi connectivity index (χ0) is 17.8. The average molecular weight is 335 g/mol. The summed E-state index contributed by atoms with van der Waals surface area (Å²) in [6, 6.07) is 15.5. The summed E-state index contributed by atoms with van der Waals surface area (Å²) in [5.41, 5.74) is 3.68. The SMILES string of the molecule is Cc1ccccc1CNC(=O)c1cccc(-c2nnnn2C(C)C)c1. The lowest BCUT2D eigenvalue weighted by Gasteiger charge is -2.10. The Morgan fingerprint density at radius 2 is 1.96 bits per heavy atom. The monoisotopic (exact) mass is 335 g/mol.